The highest BCUT2D eigenvalue weighted by molar-refractivity contribution is 6.62. The molecule has 2 heterocycles. The standard InChI is InChI=1S/C25H29BN2O5/c1-16-21(27-23(29)30-17(2)18-10-8-7-9-11-18)22(31-28-16)19-12-14-20(15-13-19)26-32-24(3,4)25(5,6)33-26/h7-15,17H,1-6H3,(H,27,29)/t17-/m1/s1. The molecule has 1 atom stereocenters. The Morgan fingerprint density at radius 3 is 2.21 bits per heavy atom. The molecule has 1 saturated heterocycles. The van der Waals surface area contributed by atoms with Gasteiger partial charge in [0.1, 0.15) is 17.5 Å². The molecular formula is C25H29BN2O5. The van der Waals surface area contributed by atoms with Crippen molar-refractivity contribution in [2.45, 2.75) is 58.8 Å². The number of nitrogens with one attached hydrogen (secondary N) is 1. The van der Waals surface area contributed by atoms with Gasteiger partial charge in [0.25, 0.3) is 0 Å². The maximum absolute atomic E-state index is 12.5. The van der Waals surface area contributed by atoms with Crippen molar-refractivity contribution in [2.75, 3.05) is 5.32 Å². The molecule has 3 aromatic rings. The third-order valence-corrected chi connectivity index (χ3v) is 6.34. The molecule has 0 radical (unpaired) electrons. The van der Waals surface area contributed by atoms with Crippen LogP contribution in [0.1, 0.15) is 52.0 Å². The van der Waals surface area contributed by atoms with Gasteiger partial charge in [0.15, 0.2) is 5.76 Å². The highest BCUT2D eigenvalue weighted by Gasteiger charge is 2.51. The van der Waals surface area contributed by atoms with Crippen LogP contribution in [-0.2, 0) is 14.0 Å². The quantitative estimate of drug-likeness (QED) is 0.537. The van der Waals surface area contributed by atoms with Gasteiger partial charge in [-0.15, -0.1) is 0 Å². The first kappa shape index (κ1) is 23.1. The van der Waals surface area contributed by atoms with Crippen molar-refractivity contribution in [3.8, 4) is 11.3 Å². The molecule has 1 amide bonds. The van der Waals surface area contributed by atoms with Crippen molar-refractivity contribution >= 4 is 24.4 Å². The number of amides is 1. The number of aryl methyl sites for hydroxylation is 1. The molecule has 1 aliphatic heterocycles. The van der Waals surface area contributed by atoms with E-state index in [-0.39, 0.29) is 0 Å². The third-order valence-electron chi connectivity index (χ3n) is 6.34. The molecule has 2 aromatic carbocycles. The van der Waals surface area contributed by atoms with Crippen LogP contribution in [0.2, 0.25) is 0 Å². The number of aromatic nitrogens is 1. The van der Waals surface area contributed by atoms with Crippen molar-refractivity contribution in [3.63, 3.8) is 0 Å². The summed E-state index contributed by atoms with van der Waals surface area (Å²) in [6.45, 7) is 11.7. The lowest BCUT2D eigenvalue weighted by molar-refractivity contribution is 0.00578. The molecule has 7 nitrogen and oxygen atoms in total. The van der Waals surface area contributed by atoms with Crippen LogP contribution >= 0.6 is 0 Å². The second kappa shape index (κ2) is 8.69. The number of anilines is 1. The van der Waals surface area contributed by atoms with Crippen molar-refractivity contribution in [1.29, 1.82) is 0 Å². The number of ether oxygens (including phenoxy) is 1. The fraction of sp³-hybridized carbons (Fsp3) is 0.360. The van der Waals surface area contributed by atoms with E-state index in [4.69, 9.17) is 18.6 Å². The zero-order valence-electron chi connectivity index (χ0n) is 19.8. The van der Waals surface area contributed by atoms with E-state index in [1.54, 1.807) is 6.92 Å². The number of rotatable bonds is 5. The minimum Gasteiger partial charge on any atom is -0.441 e. The van der Waals surface area contributed by atoms with Crippen LogP contribution in [0.15, 0.2) is 59.1 Å². The number of hydrogen-bond acceptors (Lipinski definition) is 6. The Bertz CT molecular complexity index is 1110. The predicted octanol–water partition coefficient (Wildman–Crippen LogP) is 5.26. The topological polar surface area (TPSA) is 82.8 Å². The smallest absolute Gasteiger partial charge is 0.441 e. The fourth-order valence-electron chi connectivity index (χ4n) is 3.57. The van der Waals surface area contributed by atoms with E-state index in [0.29, 0.717) is 17.1 Å². The molecule has 1 aliphatic rings. The van der Waals surface area contributed by atoms with Gasteiger partial charge in [0, 0.05) is 5.56 Å². The summed E-state index contributed by atoms with van der Waals surface area (Å²) in [6.07, 6.45) is -0.971. The second-order valence-electron chi connectivity index (χ2n) is 9.27. The van der Waals surface area contributed by atoms with Gasteiger partial charge in [-0.05, 0) is 52.6 Å². The summed E-state index contributed by atoms with van der Waals surface area (Å²) in [4.78, 5) is 12.5. The summed E-state index contributed by atoms with van der Waals surface area (Å²) < 4.78 is 23.3. The van der Waals surface area contributed by atoms with Gasteiger partial charge in [-0.1, -0.05) is 59.8 Å². The SMILES string of the molecule is Cc1noc(-c2ccc(B3OC(C)(C)C(C)(C)O3)cc2)c1NC(=O)O[C@H](C)c1ccccc1. The molecule has 0 unspecified atom stereocenters. The highest BCUT2D eigenvalue weighted by Crippen LogP contribution is 2.37. The normalized spacial score (nSPS) is 17.6. The average Bonchev–Trinajstić information content (AvgIpc) is 3.23. The van der Waals surface area contributed by atoms with E-state index in [2.05, 4.69) is 10.5 Å². The predicted molar refractivity (Wildman–Crippen MR) is 127 cm³/mol. The molecule has 0 spiro atoms. The van der Waals surface area contributed by atoms with Crippen molar-refractivity contribution in [3.05, 3.63) is 65.9 Å². The van der Waals surface area contributed by atoms with E-state index >= 15 is 0 Å². The molecular weight excluding hydrogens is 419 g/mol. The van der Waals surface area contributed by atoms with Crippen LogP contribution in [0.3, 0.4) is 0 Å². The summed E-state index contributed by atoms with van der Waals surface area (Å²) in [5.74, 6) is 0.456. The van der Waals surface area contributed by atoms with Gasteiger partial charge >= 0.3 is 13.2 Å². The summed E-state index contributed by atoms with van der Waals surface area (Å²) in [7, 11) is -0.451. The number of carbonyl (C=O) groups is 1. The van der Waals surface area contributed by atoms with Gasteiger partial charge < -0.3 is 18.6 Å². The Hall–Kier alpha value is -3.10. The molecule has 0 aliphatic carbocycles. The lowest BCUT2D eigenvalue weighted by Gasteiger charge is -2.32. The number of nitrogens with zero attached hydrogens (tertiary/aromatic N) is 1. The molecule has 33 heavy (non-hydrogen) atoms. The average molecular weight is 448 g/mol. The summed E-state index contributed by atoms with van der Waals surface area (Å²) in [6, 6.07) is 17.2. The van der Waals surface area contributed by atoms with Crippen LogP contribution in [0.25, 0.3) is 11.3 Å². The molecule has 8 heteroatoms. The summed E-state index contributed by atoms with van der Waals surface area (Å²) >= 11 is 0. The molecule has 1 fully saturated rings. The first-order valence-corrected chi connectivity index (χ1v) is 11.0. The van der Waals surface area contributed by atoms with E-state index < -0.39 is 30.5 Å². The highest BCUT2D eigenvalue weighted by atomic mass is 16.7. The van der Waals surface area contributed by atoms with Crippen molar-refractivity contribution in [2.24, 2.45) is 0 Å². The third kappa shape index (κ3) is 4.67. The lowest BCUT2D eigenvalue weighted by Crippen LogP contribution is -2.41. The van der Waals surface area contributed by atoms with E-state index in [0.717, 1.165) is 16.6 Å². The maximum atomic E-state index is 12.5. The maximum Gasteiger partial charge on any atom is 0.494 e. The Balaban J connectivity index is 1.48. The first-order valence-electron chi connectivity index (χ1n) is 11.0. The zero-order valence-corrected chi connectivity index (χ0v) is 19.8. The summed E-state index contributed by atoms with van der Waals surface area (Å²) in [5.41, 5.74) is 2.79. The Morgan fingerprint density at radius 1 is 1.00 bits per heavy atom. The van der Waals surface area contributed by atoms with Gasteiger partial charge in [-0.3, -0.25) is 5.32 Å². The second-order valence-corrected chi connectivity index (χ2v) is 9.27. The zero-order chi connectivity index (χ0) is 23.8. The van der Waals surface area contributed by atoms with Crippen molar-refractivity contribution < 1.29 is 23.4 Å². The Kier molecular flexibility index (Phi) is 6.07. The molecule has 1 aromatic heterocycles. The van der Waals surface area contributed by atoms with Crippen LogP contribution in [0, 0.1) is 6.92 Å². The van der Waals surface area contributed by atoms with Crippen molar-refractivity contribution in [1.82, 2.24) is 5.16 Å². The minimum atomic E-state index is -0.576. The Morgan fingerprint density at radius 2 is 1.61 bits per heavy atom. The van der Waals surface area contributed by atoms with Gasteiger partial charge in [-0.2, -0.15) is 0 Å². The fourth-order valence-corrected chi connectivity index (χ4v) is 3.57. The van der Waals surface area contributed by atoms with E-state index in [1.807, 2.05) is 89.2 Å². The van der Waals surface area contributed by atoms with E-state index in [1.165, 1.54) is 0 Å². The molecule has 0 saturated carbocycles. The minimum absolute atomic E-state index is 0.394. The lowest BCUT2D eigenvalue weighted by atomic mass is 9.79. The summed E-state index contributed by atoms with van der Waals surface area (Å²) in [5, 5.41) is 6.81. The van der Waals surface area contributed by atoms with Crippen LogP contribution in [0.5, 0.6) is 0 Å². The monoisotopic (exact) mass is 448 g/mol. The van der Waals surface area contributed by atoms with Crippen LogP contribution in [-0.4, -0.2) is 29.6 Å². The Labute approximate surface area is 194 Å². The largest absolute Gasteiger partial charge is 0.494 e. The number of carbonyl (C=O) groups excluding carboxylic acids is 1. The first-order chi connectivity index (χ1) is 15.6. The molecule has 4 rings (SSSR count). The van der Waals surface area contributed by atoms with Gasteiger partial charge in [0.05, 0.1) is 11.2 Å². The van der Waals surface area contributed by atoms with Gasteiger partial charge in [-0.25, -0.2) is 4.79 Å². The molecule has 0 bridgehead atoms. The number of hydrogen-bond donors (Lipinski definition) is 1. The molecule has 172 valence electrons. The van der Waals surface area contributed by atoms with Crippen LogP contribution < -0.4 is 10.8 Å². The molecule has 1 N–H and O–H groups in total. The number of benzene rings is 2. The van der Waals surface area contributed by atoms with Crippen LogP contribution in [0.4, 0.5) is 10.5 Å². The van der Waals surface area contributed by atoms with E-state index in [9.17, 15) is 4.79 Å². The van der Waals surface area contributed by atoms with Gasteiger partial charge in [0.2, 0.25) is 0 Å².